The molecule has 0 N–H and O–H groups in total. The summed E-state index contributed by atoms with van der Waals surface area (Å²) < 4.78 is 49.2. The maximum Gasteiger partial charge on any atom is 0.155 e. The van der Waals surface area contributed by atoms with E-state index in [2.05, 4.69) is 148 Å². The van der Waals surface area contributed by atoms with Crippen molar-refractivity contribution in [1.82, 2.24) is 0 Å². The fraction of sp³-hybridized carbons (Fsp3) is 0. The molecule has 94 heavy (non-hydrogen) atoms. The van der Waals surface area contributed by atoms with Crippen molar-refractivity contribution in [2.24, 2.45) is 0 Å². The molecule has 0 spiro atoms. The van der Waals surface area contributed by atoms with Crippen molar-refractivity contribution in [2.45, 2.75) is 0 Å². The first-order chi connectivity index (χ1) is 46.5. The highest BCUT2D eigenvalue weighted by molar-refractivity contribution is 6.27. The van der Waals surface area contributed by atoms with Crippen LogP contribution < -0.4 is 28.9 Å². The Morgan fingerprint density at radius 3 is 0.957 bits per heavy atom. The average Bonchev–Trinajstić information content (AvgIpc) is 1.24. The largest absolute Gasteiger partial charge is 0.456 e. The molecule has 11 heteroatoms. The molecular weight excluding hydrogens is 1160 g/mol. The van der Waals surface area contributed by atoms with E-state index >= 15 is 0 Å². The Bertz CT molecular complexity index is 6320. The van der Waals surface area contributed by atoms with Crippen molar-refractivity contribution >= 4 is 139 Å². The fourth-order valence-corrected chi connectivity index (χ4v) is 14.8. The molecule has 11 nitrogen and oxygen atoms in total. The van der Waals surface area contributed by atoms with Gasteiger partial charge in [0, 0.05) is 50.5 Å². The molecule has 0 atom stereocenters. The summed E-state index contributed by atoms with van der Waals surface area (Å²) in [6.07, 6.45) is 0. The predicted octanol–water partition coefficient (Wildman–Crippen LogP) is 24.3. The van der Waals surface area contributed by atoms with E-state index < -0.39 is 0 Å². The average molecular weight is 1210 g/mol. The zero-order valence-electron chi connectivity index (χ0n) is 49.6. The van der Waals surface area contributed by atoms with Gasteiger partial charge in [0.1, 0.15) is 50.7 Å². The molecule has 18 aromatic rings. The molecule has 13 aromatic carbocycles. The Kier molecular flexibility index (Phi) is 10.2. The highest BCUT2D eigenvalue weighted by Crippen LogP contribution is 2.67. The molecular formula is C83H44N4O7. The normalized spacial score (nSPS) is 13.1. The van der Waals surface area contributed by atoms with E-state index in [1.807, 2.05) is 140 Å². The predicted molar refractivity (Wildman–Crippen MR) is 372 cm³/mol. The Morgan fingerprint density at radius 1 is 0.234 bits per heavy atom. The van der Waals surface area contributed by atoms with Crippen molar-refractivity contribution in [1.29, 1.82) is 5.26 Å². The van der Waals surface area contributed by atoms with Crippen LogP contribution in [0.25, 0.3) is 121 Å². The summed E-state index contributed by atoms with van der Waals surface area (Å²) in [4.78, 5) is 6.85. The summed E-state index contributed by atoms with van der Waals surface area (Å²) in [5, 5.41) is 19.5. The number of furan rings is 5. The lowest BCUT2D eigenvalue weighted by Crippen LogP contribution is -2.26. The molecule has 0 saturated heterocycles. The van der Waals surface area contributed by atoms with Crippen LogP contribution >= 0.6 is 0 Å². The van der Waals surface area contributed by atoms with Gasteiger partial charge in [0.2, 0.25) is 0 Å². The molecule has 21 rings (SSSR count). The number of nitriles is 1. The number of ether oxygens (including phenoxy) is 3. The maximum absolute atomic E-state index is 12.7. The number of anilines is 9. The van der Waals surface area contributed by atoms with Gasteiger partial charge in [-0.15, -0.1) is 0 Å². The number of fused-ring (bicyclic) bond motifs is 20. The molecule has 0 amide bonds. The summed E-state index contributed by atoms with van der Waals surface area (Å²) >= 11 is 0. The molecule has 0 aliphatic carbocycles. The van der Waals surface area contributed by atoms with Crippen LogP contribution in [0.4, 0.5) is 51.2 Å². The van der Waals surface area contributed by atoms with E-state index in [4.69, 9.17) is 31.9 Å². The van der Waals surface area contributed by atoms with Gasteiger partial charge in [-0.3, -0.25) is 4.90 Å². The van der Waals surface area contributed by atoms with Crippen LogP contribution in [-0.4, -0.2) is 0 Å². The lowest BCUT2D eigenvalue weighted by atomic mass is 9.93. The molecule has 5 aromatic heterocycles. The Morgan fingerprint density at radius 2 is 0.564 bits per heavy atom. The van der Waals surface area contributed by atoms with Crippen LogP contribution in [0.3, 0.4) is 0 Å². The Hall–Kier alpha value is -13.2. The minimum atomic E-state index is 0.362. The van der Waals surface area contributed by atoms with Crippen LogP contribution in [0.1, 0.15) is 5.56 Å². The van der Waals surface area contributed by atoms with E-state index in [0.717, 1.165) is 93.8 Å². The molecule has 0 unspecified atom stereocenters. The van der Waals surface area contributed by atoms with Gasteiger partial charge in [0.05, 0.1) is 67.5 Å². The Balaban J connectivity index is 0.966. The van der Waals surface area contributed by atoms with E-state index in [9.17, 15) is 5.26 Å². The summed E-state index contributed by atoms with van der Waals surface area (Å²) in [6.45, 7) is 0. The minimum Gasteiger partial charge on any atom is -0.456 e. The lowest BCUT2D eigenvalue weighted by molar-refractivity contribution is 0.475. The minimum absolute atomic E-state index is 0.362. The van der Waals surface area contributed by atoms with Gasteiger partial charge in [-0.2, -0.15) is 5.26 Å². The summed E-state index contributed by atoms with van der Waals surface area (Å²) in [5.74, 6) is 3.34. The molecule has 8 heterocycles. The summed E-state index contributed by atoms with van der Waals surface area (Å²) in [7, 11) is 0. The molecule has 438 valence electrons. The number of benzene rings is 14. The second-order valence-electron chi connectivity index (χ2n) is 24.1. The van der Waals surface area contributed by atoms with Crippen LogP contribution in [0.15, 0.2) is 285 Å². The number of hydrogen-bond donors (Lipinski definition) is 0. The second kappa shape index (κ2) is 18.9. The highest BCUT2D eigenvalue weighted by atomic mass is 16.5. The third kappa shape index (κ3) is 7.18. The number of hydrogen-bond acceptors (Lipinski definition) is 11. The monoisotopic (exact) mass is 1210 g/mol. The number of para-hydroxylation sites is 3. The first kappa shape index (κ1) is 50.7. The number of nitrogens with zero attached hydrogens (tertiary/aromatic N) is 4. The topological polar surface area (TPSA) is 114 Å². The summed E-state index contributed by atoms with van der Waals surface area (Å²) in [6, 6.07) is 93.8. The van der Waals surface area contributed by atoms with Crippen LogP contribution in [0.2, 0.25) is 0 Å². The molecule has 2 bridgehead atoms. The van der Waals surface area contributed by atoms with Crippen molar-refractivity contribution < 1.29 is 31.9 Å². The summed E-state index contributed by atoms with van der Waals surface area (Å²) in [5.41, 5.74) is 17.6. The Labute approximate surface area is 534 Å². The van der Waals surface area contributed by atoms with Crippen molar-refractivity contribution in [2.75, 3.05) is 14.7 Å². The SMILES string of the molecule is N#Cc1c(N2c3ccc(-c4ccccc4)cc3Oc3cc4oc5ccccc5c4cc32)c(N2c3ccc(-c4ccccc4)cc3Oc3cc4oc5ccccc5c4cc32)c(N2c3ccc(-c4ccccc4)cc3Oc3cc4oc5ccccc5c4cc32)c2c3ccc(o3)c12. The van der Waals surface area contributed by atoms with Gasteiger partial charge in [0.15, 0.2) is 34.5 Å². The highest BCUT2D eigenvalue weighted by Gasteiger charge is 2.44. The lowest BCUT2D eigenvalue weighted by Gasteiger charge is -2.42. The first-order valence-electron chi connectivity index (χ1n) is 31.1. The third-order valence-corrected chi connectivity index (χ3v) is 19.0. The molecule has 3 aliphatic rings. The van der Waals surface area contributed by atoms with E-state index in [0.29, 0.717) is 119 Å². The second-order valence-corrected chi connectivity index (χ2v) is 24.1. The third-order valence-electron chi connectivity index (χ3n) is 19.0. The first-order valence-corrected chi connectivity index (χ1v) is 31.1. The standard InChI is InChI=1S/C83H44N4O7/c84-45-58-79-68-34-35-69(91-68)80(79)82(86-60-32-29-50(47-18-6-2-7-19-47)37-74(60)93-77-43-71-56(40-63(77)86)53-23-11-14-26-66(53)89-71)83(87-61-33-30-51(48-20-8-3-9-21-48)38-75(61)94-78-44-72-57(41-64(78)87)54-24-12-15-27-67(54)90-72)81(58)85-59-31-28-49(46-16-4-1-5-17-46)36-73(59)92-76-42-70-55(39-62(76)85)52-22-10-13-25-65(52)88-70/h1-44H. The smallest absolute Gasteiger partial charge is 0.155 e. The van der Waals surface area contributed by atoms with Crippen LogP contribution in [0, 0.1) is 11.3 Å². The van der Waals surface area contributed by atoms with Gasteiger partial charge in [-0.1, -0.05) is 164 Å². The van der Waals surface area contributed by atoms with Gasteiger partial charge in [-0.25, -0.2) is 0 Å². The van der Waals surface area contributed by atoms with Crippen molar-refractivity contribution in [3.8, 4) is 73.9 Å². The fourth-order valence-electron chi connectivity index (χ4n) is 14.8. The quantitative estimate of drug-likeness (QED) is 0.159. The zero-order valence-corrected chi connectivity index (χ0v) is 49.6. The van der Waals surface area contributed by atoms with Crippen LogP contribution in [0.5, 0.6) is 34.5 Å². The van der Waals surface area contributed by atoms with E-state index in [1.165, 1.54) is 0 Å². The van der Waals surface area contributed by atoms with Crippen molar-refractivity contribution in [3.05, 3.63) is 272 Å². The van der Waals surface area contributed by atoms with E-state index in [-0.39, 0.29) is 0 Å². The molecule has 0 fully saturated rings. The molecule has 0 radical (unpaired) electrons. The van der Waals surface area contributed by atoms with Gasteiger partial charge in [-0.05, 0) is 118 Å². The zero-order chi connectivity index (χ0) is 61.4. The van der Waals surface area contributed by atoms with Gasteiger partial charge >= 0.3 is 0 Å². The maximum atomic E-state index is 12.7. The molecule has 3 aliphatic heterocycles. The van der Waals surface area contributed by atoms with Crippen molar-refractivity contribution in [3.63, 3.8) is 0 Å². The van der Waals surface area contributed by atoms with Gasteiger partial charge < -0.3 is 41.7 Å². The van der Waals surface area contributed by atoms with Gasteiger partial charge in [0.25, 0.3) is 0 Å². The molecule has 0 saturated carbocycles. The van der Waals surface area contributed by atoms with Crippen LogP contribution in [-0.2, 0) is 0 Å². The number of rotatable bonds is 6. The van der Waals surface area contributed by atoms with E-state index in [1.54, 1.807) is 0 Å².